The van der Waals surface area contributed by atoms with Crippen LogP contribution in [0, 0.1) is 11.8 Å². The van der Waals surface area contributed by atoms with Gasteiger partial charge in [-0.1, -0.05) is 45.0 Å². The van der Waals surface area contributed by atoms with E-state index in [9.17, 15) is 0 Å². The van der Waals surface area contributed by atoms with Crippen molar-refractivity contribution in [3.63, 3.8) is 0 Å². The lowest BCUT2D eigenvalue weighted by molar-refractivity contribution is 0.284. The van der Waals surface area contributed by atoms with Crippen molar-refractivity contribution in [2.75, 3.05) is 6.61 Å². The number of benzene rings is 1. The van der Waals surface area contributed by atoms with E-state index < -0.39 is 0 Å². The van der Waals surface area contributed by atoms with Gasteiger partial charge in [-0.15, -0.1) is 0 Å². The van der Waals surface area contributed by atoms with Crippen LogP contribution in [0.2, 0.25) is 0 Å². The molecule has 1 N–H and O–H groups in total. The van der Waals surface area contributed by atoms with Crippen molar-refractivity contribution in [1.29, 1.82) is 0 Å². The van der Waals surface area contributed by atoms with Gasteiger partial charge in [-0.05, 0) is 61.5 Å². The molecule has 0 radical (unpaired) electrons. The lowest BCUT2D eigenvalue weighted by atomic mass is 9.92. The molecule has 0 saturated heterocycles. The molecule has 0 saturated carbocycles. The molecule has 1 heteroatoms. The molecule has 0 fully saturated rings. The highest BCUT2D eigenvalue weighted by Gasteiger charge is 2.05. The molecule has 0 aliphatic carbocycles. The Morgan fingerprint density at radius 2 is 1.47 bits per heavy atom. The van der Waals surface area contributed by atoms with Crippen molar-refractivity contribution >= 4 is 0 Å². The Balaban J connectivity index is 2.31. The molecule has 0 aliphatic rings. The van der Waals surface area contributed by atoms with Gasteiger partial charge in [-0.3, -0.25) is 0 Å². The van der Waals surface area contributed by atoms with Gasteiger partial charge in [0.15, 0.2) is 0 Å². The smallest absolute Gasteiger partial charge is 0.0431 e. The van der Waals surface area contributed by atoms with E-state index in [4.69, 9.17) is 5.11 Å². The van der Waals surface area contributed by atoms with Crippen molar-refractivity contribution in [2.24, 2.45) is 11.8 Å². The first-order valence-corrected chi connectivity index (χ1v) is 7.80. The number of hydrogen-bond donors (Lipinski definition) is 1. The maximum Gasteiger partial charge on any atom is 0.0431 e. The van der Waals surface area contributed by atoms with Crippen LogP contribution in [-0.4, -0.2) is 11.7 Å². The van der Waals surface area contributed by atoms with E-state index >= 15 is 0 Å². The maximum atomic E-state index is 8.77. The summed E-state index contributed by atoms with van der Waals surface area (Å²) < 4.78 is 0. The molecular weight excluding hydrogens is 232 g/mol. The molecule has 0 bridgehead atoms. The Morgan fingerprint density at radius 1 is 0.895 bits per heavy atom. The van der Waals surface area contributed by atoms with Crippen molar-refractivity contribution in [3.8, 4) is 0 Å². The van der Waals surface area contributed by atoms with E-state index in [0.717, 1.165) is 31.1 Å². The van der Waals surface area contributed by atoms with Crippen LogP contribution in [0.15, 0.2) is 24.3 Å². The van der Waals surface area contributed by atoms with E-state index in [1.165, 1.54) is 30.4 Å². The molecule has 1 nitrogen and oxygen atoms in total. The van der Waals surface area contributed by atoms with Gasteiger partial charge in [0.1, 0.15) is 0 Å². The number of hydrogen-bond acceptors (Lipinski definition) is 1. The lowest BCUT2D eigenvalue weighted by Gasteiger charge is -2.13. The molecule has 1 rings (SSSR count). The fourth-order valence-corrected chi connectivity index (χ4v) is 2.65. The molecule has 0 spiro atoms. The molecule has 1 aromatic rings. The second kappa shape index (κ2) is 9.14. The van der Waals surface area contributed by atoms with Crippen LogP contribution in [0.5, 0.6) is 0 Å². The number of aliphatic hydroxyl groups is 1. The molecule has 0 amide bonds. The SMILES string of the molecule is CC(C)C[C@H](C)CCc1ccc(CCCCO)cc1. The lowest BCUT2D eigenvalue weighted by Crippen LogP contribution is -2.02. The van der Waals surface area contributed by atoms with Crippen LogP contribution >= 0.6 is 0 Å². The minimum Gasteiger partial charge on any atom is -0.396 e. The van der Waals surface area contributed by atoms with Crippen LogP contribution in [0.4, 0.5) is 0 Å². The van der Waals surface area contributed by atoms with Gasteiger partial charge in [0.2, 0.25) is 0 Å². The number of aliphatic hydroxyl groups excluding tert-OH is 1. The Bertz CT molecular complexity index is 326. The summed E-state index contributed by atoms with van der Waals surface area (Å²) in [5.74, 6) is 1.63. The van der Waals surface area contributed by atoms with Crippen LogP contribution < -0.4 is 0 Å². The monoisotopic (exact) mass is 262 g/mol. The highest BCUT2D eigenvalue weighted by atomic mass is 16.2. The minimum absolute atomic E-state index is 0.311. The third-order valence-electron chi connectivity index (χ3n) is 3.70. The molecule has 1 atom stereocenters. The summed E-state index contributed by atoms with van der Waals surface area (Å²) in [4.78, 5) is 0. The average Bonchev–Trinajstić information content (AvgIpc) is 2.37. The highest BCUT2D eigenvalue weighted by molar-refractivity contribution is 5.22. The summed E-state index contributed by atoms with van der Waals surface area (Å²) in [6.07, 6.45) is 6.91. The van der Waals surface area contributed by atoms with Gasteiger partial charge in [0.05, 0.1) is 0 Å². The van der Waals surface area contributed by atoms with Crippen LogP contribution in [0.1, 0.15) is 57.6 Å². The fraction of sp³-hybridized carbons (Fsp3) is 0.667. The average molecular weight is 262 g/mol. The third kappa shape index (κ3) is 7.37. The molecule has 0 unspecified atom stereocenters. The fourth-order valence-electron chi connectivity index (χ4n) is 2.65. The maximum absolute atomic E-state index is 8.77. The topological polar surface area (TPSA) is 20.2 Å². The highest BCUT2D eigenvalue weighted by Crippen LogP contribution is 2.18. The Morgan fingerprint density at radius 3 is 2.00 bits per heavy atom. The number of aryl methyl sites for hydroxylation is 2. The summed E-state index contributed by atoms with van der Waals surface area (Å²) in [6.45, 7) is 7.28. The van der Waals surface area contributed by atoms with Crippen molar-refractivity contribution < 1.29 is 5.11 Å². The predicted molar refractivity (Wildman–Crippen MR) is 83.4 cm³/mol. The molecule has 1 aromatic carbocycles. The van der Waals surface area contributed by atoms with E-state index in [1.54, 1.807) is 0 Å². The summed E-state index contributed by atoms with van der Waals surface area (Å²) in [6, 6.07) is 9.05. The summed E-state index contributed by atoms with van der Waals surface area (Å²) in [5.41, 5.74) is 2.86. The van der Waals surface area contributed by atoms with Crippen LogP contribution in [0.25, 0.3) is 0 Å². The van der Waals surface area contributed by atoms with E-state index in [-0.39, 0.29) is 0 Å². The Kier molecular flexibility index (Phi) is 7.81. The van der Waals surface area contributed by atoms with E-state index in [1.807, 2.05) is 0 Å². The zero-order valence-corrected chi connectivity index (χ0v) is 12.9. The summed E-state index contributed by atoms with van der Waals surface area (Å²) in [5, 5.41) is 8.77. The van der Waals surface area contributed by atoms with Crippen molar-refractivity contribution in [1.82, 2.24) is 0 Å². The predicted octanol–water partition coefficient (Wildman–Crippen LogP) is 4.62. The van der Waals surface area contributed by atoms with Gasteiger partial charge >= 0.3 is 0 Å². The van der Waals surface area contributed by atoms with E-state index in [0.29, 0.717) is 6.61 Å². The first kappa shape index (κ1) is 16.2. The number of unbranched alkanes of at least 4 members (excludes halogenated alkanes) is 1. The normalized spacial score (nSPS) is 12.9. The Hall–Kier alpha value is -0.820. The molecule has 108 valence electrons. The first-order chi connectivity index (χ1) is 9.11. The zero-order chi connectivity index (χ0) is 14.1. The third-order valence-corrected chi connectivity index (χ3v) is 3.70. The Labute approximate surface area is 119 Å². The van der Waals surface area contributed by atoms with E-state index in [2.05, 4.69) is 45.0 Å². The minimum atomic E-state index is 0.311. The van der Waals surface area contributed by atoms with Crippen molar-refractivity contribution in [3.05, 3.63) is 35.4 Å². The van der Waals surface area contributed by atoms with Gasteiger partial charge in [-0.25, -0.2) is 0 Å². The number of rotatable bonds is 9. The van der Waals surface area contributed by atoms with Gasteiger partial charge in [0, 0.05) is 6.61 Å². The second-order valence-electron chi connectivity index (χ2n) is 6.27. The van der Waals surface area contributed by atoms with Gasteiger partial charge < -0.3 is 5.11 Å². The summed E-state index contributed by atoms with van der Waals surface area (Å²) in [7, 11) is 0. The second-order valence-corrected chi connectivity index (χ2v) is 6.27. The zero-order valence-electron chi connectivity index (χ0n) is 12.9. The largest absolute Gasteiger partial charge is 0.396 e. The quantitative estimate of drug-likeness (QED) is 0.644. The van der Waals surface area contributed by atoms with Crippen LogP contribution in [-0.2, 0) is 12.8 Å². The van der Waals surface area contributed by atoms with Crippen LogP contribution in [0.3, 0.4) is 0 Å². The van der Waals surface area contributed by atoms with Gasteiger partial charge in [-0.2, -0.15) is 0 Å². The molecule has 0 heterocycles. The molecule has 0 aliphatic heterocycles. The first-order valence-electron chi connectivity index (χ1n) is 7.80. The van der Waals surface area contributed by atoms with Gasteiger partial charge in [0.25, 0.3) is 0 Å². The molecular formula is C18H30O. The molecule has 19 heavy (non-hydrogen) atoms. The molecule has 0 aromatic heterocycles. The summed E-state index contributed by atoms with van der Waals surface area (Å²) >= 11 is 0. The van der Waals surface area contributed by atoms with Crippen molar-refractivity contribution in [2.45, 2.75) is 59.3 Å². The standard InChI is InChI=1S/C18H30O/c1-15(2)14-16(3)7-8-18-11-9-17(10-12-18)6-4-5-13-19/h9-12,15-16,19H,4-8,13-14H2,1-3H3/t16-/m1/s1.